The second-order valence-electron chi connectivity index (χ2n) is 3.12. The zero-order valence-electron chi connectivity index (χ0n) is 9.70. The Balaban J connectivity index is 4.42. The van der Waals surface area contributed by atoms with E-state index in [1.807, 2.05) is 19.9 Å². The molecule has 86 valence electrons. The molecule has 0 saturated carbocycles. The van der Waals surface area contributed by atoms with Crippen molar-refractivity contribution in [3.8, 4) is 0 Å². The van der Waals surface area contributed by atoms with Gasteiger partial charge in [0.2, 0.25) is 0 Å². The van der Waals surface area contributed by atoms with Gasteiger partial charge < -0.3 is 9.47 Å². The van der Waals surface area contributed by atoms with Gasteiger partial charge in [0.1, 0.15) is 6.61 Å². The Bertz CT molecular complexity index is 255. The van der Waals surface area contributed by atoms with Crippen molar-refractivity contribution in [2.45, 2.75) is 40.2 Å². The molecule has 0 aromatic heterocycles. The Kier molecular flexibility index (Phi) is 6.42. The van der Waals surface area contributed by atoms with Crippen LogP contribution in [0.1, 0.15) is 34.1 Å². The van der Waals surface area contributed by atoms with Crippen LogP contribution in [0.2, 0.25) is 0 Å². The van der Waals surface area contributed by atoms with Crippen LogP contribution in [0, 0.1) is 0 Å². The van der Waals surface area contributed by atoms with Gasteiger partial charge in [-0.2, -0.15) is 0 Å². The molecule has 0 saturated heterocycles. The quantitative estimate of drug-likeness (QED) is 0.517. The molecular weight excluding hydrogens is 196 g/mol. The molecule has 0 aliphatic carbocycles. The van der Waals surface area contributed by atoms with Crippen LogP contribution in [0.25, 0.3) is 0 Å². The zero-order chi connectivity index (χ0) is 11.8. The van der Waals surface area contributed by atoms with Crippen molar-refractivity contribution < 1.29 is 19.1 Å². The molecule has 0 aromatic rings. The van der Waals surface area contributed by atoms with E-state index in [-0.39, 0.29) is 18.5 Å². The minimum Gasteiger partial charge on any atom is -0.462 e. The molecule has 0 spiro atoms. The van der Waals surface area contributed by atoms with Crippen LogP contribution in [0.5, 0.6) is 0 Å². The molecule has 0 aromatic carbocycles. The summed E-state index contributed by atoms with van der Waals surface area (Å²) < 4.78 is 9.89. The average Bonchev–Trinajstić information content (AvgIpc) is 2.14. The second-order valence-corrected chi connectivity index (χ2v) is 3.12. The number of ether oxygens (including phenoxy) is 2. The van der Waals surface area contributed by atoms with Gasteiger partial charge in [-0.1, -0.05) is 13.0 Å². The predicted octanol–water partition coefficient (Wildman–Crippen LogP) is 1.84. The average molecular weight is 214 g/mol. The van der Waals surface area contributed by atoms with Crippen molar-refractivity contribution in [3.63, 3.8) is 0 Å². The lowest BCUT2D eigenvalue weighted by Gasteiger charge is -2.18. The summed E-state index contributed by atoms with van der Waals surface area (Å²) in [6.45, 7) is 6.57. The van der Waals surface area contributed by atoms with Crippen molar-refractivity contribution in [1.29, 1.82) is 0 Å². The van der Waals surface area contributed by atoms with Gasteiger partial charge in [-0.15, -0.1) is 0 Å². The van der Waals surface area contributed by atoms with Crippen LogP contribution in [0.4, 0.5) is 0 Å². The van der Waals surface area contributed by atoms with E-state index in [1.165, 1.54) is 13.8 Å². The maximum atomic E-state index is 10.8. The highest BCUT2D eigenvalue weighted by Gasteiger charge is 2.17. The summed E-state index contributed by atoms with van der Waals surface area (Å²) in [5.74, 6) is -0.751. The lowest BCUT2D eigenvalue weighted by Crippen LogP contribution is -2.25. The number of hydrogen-bond acceptors (Lipinski definition) is 4. The summed E-state index contributed by atoms with van der Waals surface area (Å²) in [5.41, 5.74) is 0.950. The first-order valence-corrected chi connectivity index (χ1v) is 4.96. The molecule has 0 aliphatic rings. The summed E-state index contributed by atoms with van der Waals surface area (Å²) in [4.78, 5) is 21.5. The Labute approximate surface area is 90.2 Å². The normalized spacial score (nSPS) is 13.2. The van der Waals surface area contributed by atoms with Crippen LogP contribution in [0.3, 0.4) is 0 Å². The topological polar surface area (TPSA) is 52.6 Å². The Morgan fingerprint density at radius 2 is 1.87 bits per heavy atom. The first-order valence-electron chi connectivity index (χ1n) is 4.96. The Hall–Kier alpha value is -1.32. The van der Waals surface area contributed by atoms with Gasteiger partial charge in [0.05, 0.1) is 0 Å². The smallest absolute Gasteiger partial charge is 0.303 e. The van der Waals surface area contributed by atoms with Crippen molar-refractivity contribution >= 4 is 11.9 Å². The van der Waals surface area contributed by atoms with Gasteiger partial charge in [0, 0.05) is 13.8 Å². The van der Waals surface area contributed by atoms with Crippen molar-refractivity contribution in [3.05, 3.63) is 11.6 Å². The molecule has 0 heterocycles. The highest BCUT2D eigenvalue weighted by atomic mass is 16.6. The molecule has 4 heteroatoms. The largest absolute Gasteiger partial charge is 0.462 e. The van der Waals surface area contributed by atoms with Gasteiger partial charge >= 0.3 is 11.9 Å². The summed E-state index contributed by atoms with van der Waals surface area (Å²) >= 11 is 0. The summed E-state index contributed by atoms with van der Waals surface area (Å²) in [6, 6.07) is 0. The molecule has 1 atom stereocenters. The molecule has 0 bridgehead atoms. The fraction of sp³-hybridized carbons (Fsp3) is 0.636. The summed E-state index contributed by atoms with van der Waals surface area (Å²) in [6.07, 6.45) is 2.17. The molecule has 4 nitrogen and oxygen atoms in total. The van der Waals surface area contributed by atoms with E-state index >= 15 is 0 Å². The van der Waals surface area contributed by atoms with Crippen LogP contribution in [0.15, 0.2) is 11.6 Å². The first-order chi connectivity index (χ1) is 7.01. The van der Waals surface area contributed by atoms with Crippen LogP contribution >= 0.6 is 0 Å². The number of esters is 2. The number of allylic oxidation sites excluding steroid dienone is 1. The van der Waals surface area contributed by atoms with Gasteiger partial charge in [-0.3, -0.25) is 9.59 Å². The van der Waals surface area contributed by atoms with E-state index in [4.69, 9.17) is 9.47 Å². The van der Waals surface area contributed by atoms with Crippen molar-refractivity contribution in [2.24, 2.45) is 0 Å². The molecular formula is C11H18O4. The third-order valence-corrected chi connectivity index (χ3v) is 1.94. The predicted molar refractivity (Wildman–Crippen MR) is 56.2 cm³/mol. The van der Waals surface area contributed by atoms with E-state index in [2.05, 4.69) is 0 Å². The van der Waals surface area contributed by atoms with Crippen LogP contribution in [-0.4, -0.2) is 24.6 Å². The number of hydrogen-bond donors (Lipinski definition) is 0. The summed E-state index contributed by atoms with van der Waals surface area (Å²) in [7, 11) is 0. The van der Waals surface area contributed by atoms with Crippen molar-refractivity contribution in [1.82, 2.24) is 0 Å². The fourth-order valence-electron chi connectivity index (χ4n) is 1.23. The number of rotatable bonds is 5. The van der Waals surface area contributed by atoms with E-state index in [0.29, 0.717) is 0 Å². The maximum Gasteiger partial charge on any atom is 0.303 e. The Morgan fingerprint density at radius 1 is 1.27 bits per heavy atom. The molecule has 0 fully saturated rings. The molecule has 1 unspecified atom stereocenters. The zero-order valence-corrected chi connectivity index (χ0v) is 9.70. The fourth-order valence-corrected chi connectivity index (χ4v) is 1.23. The molecule has 0 amide bonds. The van der Waals surface area contributed by atoms with Gasteiger partial charge in [0.25, 0.3) is 0 Å². The van der Waals surface area contributed by atoms with E-state index in [9.17, 15) is 9.59 Å². The summed E-state index contributed by atoms with van der Waals surface area (Å²) in [5, 5.41) is 0. The molecule has 0 radical (unpaired) electrons. The lowest BCUT2D eigenvalue weighted by atomic mass is 10.1. The highest BCUT2D eigenvalue weighted by molar-refractivity contribution is 5.67. The third-order valence-electron chi connectivity index (χ3n) is 1.94. The molecule has 0 aliphatic heterocycles. The number of carbonyl (C=O) groups excluding carboxylic acids is 2. The standard InChI is InChI=1S/C11H18O4/c1-5-10(6-2)11(15-9(4)13)7-14-8(3)12/h5,11H,6-7H2,1-4H3/b10-5+. The van der Waals surface area contributed by atoms with Gasteiger partial charge in [-0.05, 0) is 18.9 Å². The first kappa shape index (κ1) is 13.7. The van der Waals surface area contributed by atoms with Crippen molar-refractivity contribution in [2.75, 3.05) is 6.61 Å². The Morgan fingerprint density at radius 3 is 2.20 bits per heavy atom. The van der Waals surface area contributed by atoms with E-state index in [0.717, 1.165) is 12.0 Å². The van der Waals surface area contributed by atoms with Crippen LogP contribution < -0.4 is 0 Å². The minimum atomic E-state index is -0.457. The van der Waals surface area contributed by atoms with E-state index in [1.54, 1.807) is 0 Å². The van der Waals surface area contributed by atoms with Gasteiger partial charge in [-0.25, -0.2) is 0 Å². The molecule has 0 rings (SSSR count). The lowest BCUT2D eigenvalue weighted by molar-refractivity contribution is -0.154. The van der Waals surface area contributed by atoms with Gasteiger partial charge in [0.15, 0.2) is 6.10 Å². The second kappa shape index (κ2) is 7.04. The van der Waals surface area contributed by atoms with Crippen LogP contribution in [-0.2, 0) is 19.1 Å². The minimum absolute atomic E-state index is 0.0857. The molecule has 15 heavy (non-hydrogen) atoms. The SMILES string of the molecule is C/C=C(\CC)C(COC(C)=O)OC(C)=O. The number of carbonyl (C=O) groups is 2. The highest BCUT2D eigenvalue weighted by Crippen LogP contribution is 2.12. The monoisotopic (exact) mass is 214 g/mol. The third kappa shape index (κ3) is 5.88. The molecule has 0 N–H and O–H groups in total. The maximum absolute atomic E-state index is 10.8. The van der Waals surface area contributed by atoms with E-state index < -0.39 is 6.10 Å².